The van der Waals surface area contributed by atoms with Crippen LogP contribution in [-0.4, -0.2) is 22.3 Å². The monoisotopic (exact) mass is 191 g/mol. The molecule has 1 aromatic carbocycles. The zero-order valence-corrected chi connectivity index (χ0v) is 7.36. The van der Waals surface area contributed by atoms with Gasteiger partial charge < -0.3 is 5.21 Å². The molecule has 1 aliphatic carbocycles. The molecule has 1 atom stereocenters. The number of carbonyl (C=O) groups is 2. The molecule has 0 amide bonds. The van der Waals surface area contributed by atoms with Crippen molar-refractivity contribution in [1.29, 1.82) is 0 Å². The Morgan fingerprint density at radius 3 is 2.36 bits per heavy atom. The highest BCUT2D eigenvalue weighted by molar-refractivity contribution is 6.29. The Labute approximate surface area is 80.5 Å². The molecule has 2 N–H and O–H groups in total. The van der Waals surface area contributed by atoms with Crippen molar-refractivity contribution < 1.29 is 14.8 Å². The van der Waals surface area contributed by atoms with Gasteiger partial charge in [-0.05, 0) is 0 Å². The molecule has 1 aromatic rings. The Morgan fingerprint density at radius 1 is 1.36 bits per heavy atom. The third kappa shape index (κ3) is 1.16. The number of nitrogens with one attached hydrogen (secondary N) is 1. The van der Waals surface area contributed by atoms with Crippen LogP contribution in [-0.2, 0) is 4.79 Å². The number of hydrogen-bond acceptors (Lipinski definition) is 4. The van der Waals surface area contributed by atoms with Gasteiger partial charge in [0.2, 0.25) is 0 Å². The Balaban J connectivity index is 2.30. The summed E-state index contributed by atoms with van der Waals surface area (Å²) in [5.74, 6) is -0.639. The minimum atomic E-state index is -1.36. The Morgan fingerprint density at radius 2 is 1.93 bits per heavy atom. The van der Waals surface area contributed by atoms with Crippen LogP contribution in [0.4, 0.5) is 0 Å². The maximum Gasteiger partial charge on any atom is 0.193 e. The quantitative estimate of drug-likeness (QED) is 0.416. The smallest absolute Gasteiger partial charge is 0.193 e. The van der Waals surface area contributed by atoms with Gasteiger partial charge in [0.05, 0.1) is 0 Å². The summed E-state index contributed by atoms with van der Waals surface area (Å²) in [5.41, 5.74) is 0.872. The molecule has 0 saturated heterocycles. The van der Waals surface area contributed by atoms with Gasteiger partial charge in [-0.3, -0.25) is 9.59 Å². The number of Topliss-reactive ketones (excluding diaryl/α,β-unsaturated/α-hetero) is 2. The summed E-state index contributed by atoms with van der Waals surface area (Å²) in [4.78, 5) is 22.7. The third-order valence-electron chi connectivity index (χ3n) is 2.39. The minimum Gasteiger partial charge on any atom is -0.315 e. The molecule has 0 aliphatic heterocycles. The van der Waals surface area contributed by atoms with E-state index in [9.17, 15) is 9.59 Å². The first kappa shape index (κ1) is 9.05. The molecular formula is C10H9NO3. The molecule has 72 valence electrons. The van der Waals surface area contributed by atoms with Crippen LogP contribution in [0.1, 0.15) is 16.8 Å². The maximum atomic E-state index is 11.7. The summed E-state index contributed by atoms with van der Waals surface area (Å²) in [6.07, 6.45) is 0.0667. The van der Waals surface area contributed by atoms with Crippen LogP contribution in [0.15, 0.2) is 30.3 Å². The molecule has 1 aliphatic rings. The molecule has 1 saturated carbocycles. The summed E-state index contributed by atoms with van der Waals surface area (Å²) < 4.78 is 0. The van der Waals surface area contributed by atoms with Gasteiger partial charge in [-0.15, -0.1) is 0 Å². The highest BCUT2D eigenvalue weighted by atomic mass is 16.5. The molecule has 1 fully saturated rings. The average Bonchev–Trinajstić information content (AvgIpc) is 2.91. The number of carbonyl (C=O) groups excluding carboxylic acids is 2. The lowest BCUT2D eigenvalue weighted by Gasteiger charge is -2.08. The van der Waals surface area contributed by atoms with Gasteiger partial charge in [0.15, 0.2) is 17.1 Å². The van der Waals surface area contributed by atoms with Gasteiger partial charge in [-0.2, -0.15) is 5.48 Å². The van der Waals surface area contributed by atoms with Crippen molar-refractivity contribution in [3.63, 3.8) is 0 Å². The summed E-state index contributed by atoms with van der Waals surface area (Å²) in [6.45, 7) is 0. The molecule has 14 heavy (non-hydrogen) atoms. The molecule has 4 nitrogen and oxygen atoms in total. The second kappa shape index (κ2) is 3.01. The van der Waals surface area contributed by atoms with E-state index in [4.69, 9.17) is 5.21 Å². The van der Waals surface area contributed by atoms with E-state index in [1.165, 1.54) is 0 Å². The van der Waals surface area contributed by atoms with Gasteiger partial charge in [0, 0.05) is 12.0 Å². The predicted octanol–water partition coefficient (Wildman–Crippen LogP) is 0.560. The second-order valence-corrected chi connectivity index (χ2v) is 3.31. The topological polar surface area (TPSA) is 66.4 Å². The van der Waals surface area contributed by atoms with Crippen molar-refractivity contribution in [3.8, 4) is 0 Å². The Kier molecular flexibility index (Phi) is 1.94. The van der Waals surface area contributed by atoms with Crippen molar-refractivity contribution in [1.82, 2.24) is 5.48 Å². The van der Waals surface area contributed by atoms with Crippen LogP contribution in [0.3, 0.4) is 0 Å². The van der Waals surface area contributed by atoms with Crippen molar-refractivity contribution >= 4 is 11.6 Å². The summed E-state index contributed by atoms with van der Waals surface area (Å²) in [7, 11) is 0. The predicted molar refractivity (Wildman–Crippen MR) is 48.0 cm³/mol. The molecule has 0 heterocycles. The highest BCUT2D eigenvalue weighted by Crippen LogP contribution is 2.33. The lowest BCUT2D eigenvalue weighted by Crippen LogP contribution is -2.39. The van der Waals surface area contributed by atoms with Gasteiger partial charge in [0.25, 0.3) is 0 Å². The van der Waals surface area contributed by atoms with Crippen LogP contribution in [0.25, 0.3) is 0 Å². The number of ketones is 2. The van der Waals surface area contributed by atoms with E-state index in [1.807, 2.05) is 0 Å². The molecule has 0 bridgehead atoms. The fourth-order valence-electron chi connectivity index (χ4n) is 1.39. The maximum absolute atomic E-state index is 11.7. The number of rotatable bonds is 3. The van der Waals surface area contributed by atoms with Crippen LogP contribution in [0.5, 0.6) is 0 Å². The summed E-state index contributed by atoms with van der Waals surface area (Å²) >= 11 is 0. The normalized spacial score (nSPS) is 24.8. The largest absolute Gasteiger partial charge is 0.315 e. The average molecular weight is 191 g/mol. The van der Waals surface area contributed by atoms with Crippen LogP contribution in [0, 0.1) is 0 Å². The zero-order chi connectivity index (χ0) is 10.2. The van der Waals surface area contributed by atoms with Gasteiger partial charge in [-0.25, -0.2) is 0 Å². The molecule has 4 heteroatoms. The van der Waals surface area contributed by atoms with Crippen molar-refractivity contribution in [2.45, 2.75) is 12.0 Å². The van der Waals surface area contributed by atoms with Crippen LogP contribution in [0.2, 0.25) is 0 Å². The molecule has 0 spiro atoms. The summed E-state index contributed by atoms with van der Waals surface area (Å²) in [5, 5.41) is 8.77. The first-order valence-electron chi connectivity index (χ1n) is 4.25. The van der Waals surface area contributed by atoms with E-state index >= 15 is 0 Å². The van der Waals surface area contributed by atoms with Gasteiger partial charge in [-0.1, -0.05) is 30.3 Å². The third-order valence-corrected chi connectivity index (χ3v) is 2.39. The van der Waals surface area contributed by atoms with Crippen molar-refractivity contribution in [2.24, 2.45) is 0 Å². The van der Waals surface area contributed by atoms with E-state index in [2.05, 4.69) is 0 Å². The highest BCUT2D eigenvalue weighted by Gasteiger charge is 2.60. The van der Waals surface area contributed by atoms with E-state index in [-0.39, 0.29) is 18.0 Å². The summed E-state index contributed by atoms with van der Waals surface area (Å²) in [6, 6.07) is 8.45. The number of hydroxylamine groups is 1. The number of hydrogen-bond donors (Lipinski definition) is 2. The van der Waals surface area contributed by atoms with E-state index in [1.54, 1.807) is 35.8 Å². The second-order valence-electron chi connectivity index (χ2n) is 3.31. The standard InChI is InChI=1S/C10H9NO3/c12-8-6-10(8,11-14)9(13)7-4-2-1-3-5-7/h1-5,11,14H,6H2. The molecule has 2 rings (SSSR count). The van der Waals surface area contributed by atoms with Crippen LogP contribution >= 0.6 is 0 Å². The zero-order valence-electron chi connectivity index (χ0n) is 7.36. The fourth-order valence-corrected chi connectivity index (χ4v) is 1.39. The minimum absolute atomic E-state index is 0.0667. The van der Waals surface area contributed by atoms with Crippen molar-refractivity contribution in [2.75, 3.05) is 0 Å². The lowest BCUT2D eigenvalue weighted by molar-refractivity contribution is -0.112. The molecular weight excluding hydrogens is 182 g/mol. The SMILES string of the molecule is O=C1CC1(NO)C(=O)c1ccccc1. The van der Waals surface area contributed by atoms with Gasteiger partial charge in [0.1, 0.15) is 0 Å². The number of benzene rings is 1. The first-order chi connectivity index (χ1) is 6.70. The molecule has 0 aromatic heterocycles. The fraction of sp³-hybridized carbons (Fsp3) is 0.200. The van der Waals surface area contributed by atoms with Crippen molar-refractivity contribution in [3.05, 3.63) is 35.9 Å². The van der Waals surface area contributed by atoms with E-state index in [0.29, 0.717) is 5.56 Å². The van der Waals surface area contributed by atoms with E-state index in [0.717, 1.165) is 0 Å². The Bertz CT molecular complexity index is 388. The van der Waals surface area contributed by atoms with E-state index < -0.39 is 5.54 Å². The Hall–Kier alpha value is -1.52. The van der Waals surface area contributed by atoms with Crippen LogP contribution < -0.4 is 5.48 Å². The first-order valence-corrected chi connectivity index (χ1v) is 4.25. The molecule has 1 unspecified atom stereocenters. The molecule has 0 radical (unpaired) electrons. The lowest BCUT2D eigenvalue weighted by atomic mass is 10.0. The van der Waals surface area contributed by atoms with Gasteiger partial charge >= 0.3 is 0 Å².